The number of halogens is 1. The largest absolute Gasteiger partial charge is 0.419 e. The number of benzene rings is 2. The summed E-state index contributed by atoms with van der Waals surface area (Å²) in [6.45, 7) is 1.11. The zero-order valence-electron chi connectivity index (χ0n) is 20.2. The second-order valence-electron chi connectivity index (χ2n) is 8.90. The maximum Gasteiger partial charge on any atom is 0.419 e. The average molecular weight is 525 g/mol. The van der Waals surface area contributed by atoms with E-state index in [9.17, 15) is 14.9 Å². The number of rotatable bonds is 6. The topological polar surface area (TPSA) is 119 Å². The molecule has 1 unspecified atom stereocenters. The fourth-order valence-electron chi connectivity index (χ4n) is 4.35. The number of carbonyl (C=O) groups is 1. The number of amides is 1. The smallest absolute Gasteiger partial charge is 0.408 e. The van der Waals surface area contributed by atoms with E-state index in [1.807, 2.05) is 18.2 Å². The summed E-state index contributed by atoms with van der Waals surface area (Å²) in [7, 11) is 3.21. The number of ether oxygens (including phenoxy) is 2. The molecule has 1 aliphatic rings. The van der Waals surface area contributed by atoms with Crippen LogP contribution in [0, 0.1) is 17.1 Å². The Hall–Kier alpha value is -3.56. The van der Waals surface area contributed by atoms with Gasteiger partial charge in [0.15, 0.2) is 5.58 Å². The van der Waals surface area contributed by atoms with E-state index in [1.54, 1.807) is 32.4 Å². The van der Waals surface area contributed by atoms with Gasteiger partial charge in [0.2, 0.25) is 0 Å². The number of nitriles is 1. The number of thiophene rings is 1. The number of hydrogen-bond acceptors (Lipinski definition) is 8. The van der Waals surface area contributed by atoms with Gasteiger partial charge in [0.25, 0.3) is 5.91 Å². The van der Waals surface area contributed by atoms with Crippen molar-refractivity contribution >= 4 is 38.4 Å². The van der Waals surface area contributed by atoms with Crippen molar-refractivity contribution in [2.45, 2.75) is 24.7 Å². The van der Waals surface area contributed by atoms with Crippen molar-refractivity contribution < 1.29 is 23.1 Å². The van der Waals surface area contributed by atoms with Crippen molar-refractivity contribution in [1.82, 2.24) is 15.2 Å². The Labute approximate surface area is 215 Å². The molecule has 1 saturated heterocycles. The van der Waals surface area contributed by atoms with Crippen molar-refractivity contribution in [1.29, 1.82) is 5.26 Å². The molecule has 0 spiro atoms. The molecule has 1 fully saturated rings. The third-order valence-corrected chi connectivity index (χ3v) is 7.65. The first-order chi connectivity index (χ1) is 17.9. The molecular weight excluding hydrogens is 499 g/mol. The standard InChI is InChI=1S/C26H25FN4O5S/c1-31-19-8-14(3-5-20(19)36-26(31)33)23-9-18-22(37-23)6-4-15(24(18)27)7-16(10-28)30-25(32)21-12-29-11-17(34-2)13-35-21/h3-6,8-9,16-17,21,29H,7,11-13H2,1-2H3,(H,30,32)/t16-,17?,21-/m0/s1. The number of fused-ring (bicyclic) bond motifs is 2. The van der Waals surface area contributed by atoms with E-state index in [0.29, 0.717) is 35.1 Å². The molecule has 0 saturated carbocycles. The van der Waals surface area contributed by atoms with Gasteiger partial charge in [0, 0.05) is 48.6 Å². The summed E-state index contributed by atoms with van der Waals surface area (Å²) >= 11 is 1.43. The van der Waals surface area contributed by atoms with E-state index in [2.05, 4.69) is 16.7 Å². The summed E-state index contributed by atoms with van der Waals surface area (Å²) in [6, 6.07) is 11.7. The minimum atomic E-state index is -0.924. The maximum atomic E-state index is 15.5. The summed E-state index contributed by atoms with van der Waals surface area (Å²) < 4.78 is 33.8. The van der Waals surface area contributed by atoms with E-state index in [4.69, 9.17) is 13.9 Å². The van der Waals surface area contributed by atoms with E-state index in [0.717, 1.165) is 15.1 Å². The SMILES string of the molecule is COC1CNC[C@@H](C(=O)N[C@H](C#N)Cc2ccc3sc(-c4ccc5oc(=O)n(C)c5c4)cc3c2F)OC1. The first-order valence-electron chi connectivity index (χ1n) is 11.7. The first-order valence-corrected chi connectivity index (χ1v) is 12.6. The van der Waals surface area contributed by atoms with Crippen molar-refractivity contribution in [3.05, 3.63) is 58.3 Å². The maximum absolute atomic E-state index is 15.5. The summed E-state index contributed by atoms with van der Waals surface area (Å²) in [6.07, 6.45) is -0.914. The lowest BCUT2D eigenvalue weighted by atomic mass is 10.0. The lowest BCUT2D eigenvalue weighted by molar-refractivity contribution is -0.133. The molecule has 3 atom stereocenters. The van der Waals surface area contributed by atoms with Crippen LogP contribution >= 0.6 is 11.3 Å². The van der Waals surface area contributed by atoms with Gasteiger partial charge in [0.05, 0.1) is 24.3 Å². The van der Waals surface area contributed by atoms with Gasteiger partial charge in [0.1, 0.15) is 18.0 Å². The lowest BCUT2D eigenvalue weighted by Crippen LogP contribution is -2.46. The second kappa shape index (κ2) is 10.4. The number of aromatic nitrogens is 1. The van der Waals surface area contributed by atoms with Gasteiger partial charge in [-0.1, -0.05) is 6.07 Å². The predicted molar refractivity (Wildman–Crippen MR) is 137 cm³/mol. The minimum absolute atomic E-state index is 0.0130. The zero-order valence-corrected chi connectivity index (χ0v) is 21.1. The molecule has 5 rings (SSSR count). The van der Waals surface area contributed by atoms with E-state index >= 15 is 4.39 Å². The van der Waals surface area contributed by atoms with Crippen LogP contribution in [0.3, 0.4) is 0 Å². The number of oxazole rings is 1. The molecule has 9 nitrogen and oxygen atoms in total. The van der Waals surface area contributed by atoms with Crippen molar-refractivity contribution in [2.75, 3.05) is 26.8 Å². The Morgan fingerprint density at radius 2 is 2.19 bits per heavy atom. The number of nitrogens with one attached hydrogen (secondary N) is 2. The van der Waals surface area contributed by atoms with E-state index in [1.165, 1.54) is 15.9 Å². The number of aryl methyl sites for hydroxylation is 1. The molecule has 0 aliphatic carbocycles. The number of carbonyl (C=O) groups excluding carboxylic acids is 1. The van der Waals surface area contributed by atoms with Gasteiger partial charge in [-0.05, 0) is 41.5 Å². The van der Waals surface area contributed by atoms with Gasteiger partial charge >= 0.3 is 5.76 Å². The van der Waals surface area contributed by atoms with Gasteiger partial charge in [-0.3, -0.25) is 9.36 Å². The van der Waals surface area contributed by atoms with Crippen LogP contribution in [0.15, 0.2) is 45.6 Å². The Morgan fingerprint density at radius 1 is 1.35 bits per heavy atom. The number of nitrogens with zero attached hydrogens (tertiary/aromatic N) is 2. The fourth-order valence-corrected chi connectivity index (χ4v) is 5.41. The quantitative estimate of drug-likeness (QED) is 0.398. The molecule has 0 radical (unpaired) electrons. The Morgan fingerprint density at radius 3 is 2.97 bits per heavy atom. The monoisotopic (exact) mass is 524 g/mol. The molecule has 2 aromatic heterocycles. The second-order valence-corrected chi connectivity index (χ2v) is 9.99. The number of methoxy groups -OCH3 is 1. The van der Waals surface area contributed by atoms with E-state index < -0.39 is 29.6 Å². The third kappa shape index (κ3) is 5.01. The van der Waals surface area contributed by atoms with Gasteiger partial charge in [-0.2, -0.15) is 5.26 Å². The molecule has 37 heavy (non-hydrogen) atoms. The van der Waals surface area contributed by atoms with Crippen LogP contribution in [0.5, 0.6) is 0 Å². The first kappa shape index (κ1) is 25.1. The molecule has 11 heteroatoms. The zero-order chi connectivity index (χ0) is 26.1. The highest BCUT2D eigenvalue weighted by atomic mass is 32.1. The van der Waals surface area contributed by atoms with Crippen molar-refractivity contribution in [3.8, 4) is 16.5 Å². The van der Waals surface area contributed by atoms with Crippen LogP contribution in [0.1, 0.15) is 5.56 Å². The van der Waals surface area contributed by atoms with Crippen LogP contribution < -0.4 is 16.4 Å². The van der Waals surface area contributed by atoms with Crippen molar-refractivity contribution in [3.63, 3.8) is 0 Å². The third-order valence-electron chi connectivity index (χ3n) is 6.50. The van der Waals surface area contributed by atoms with Gasteiger partial charge in [-0.25, -0.2) is 9.18 Å². The van der Waals surface area contributed by atoms with Gasteiger partial charge < -0.3 is 24.5 Å². The fraction of sp³-hybridized carbons (Fsp3) is 0.346. The summed E-state index contributed by atoms with van der Waals surface area (Å²) in [5, 5.41) is 15.9. The minimum Gasteiger partial charge on any atom is -0.408 e. The van der Waals surface area contributed by atoms with Crippen molar-refractivity contribution in [2.24, 2.45) is 7.05 Å². The highest BCUT2D eigenvalue weighted by molar-refractivity contribution is 7.22. The Balaban J connectivity index is 1.34. The van der Waals surface area contributed by atoms with Crippen LogP contribution in [0.25, 0.3) is 31.6 Å². The molecule has 4 aromatic rings. The lowest BCUT2D eigenvalue weighted by Gasteiger charge is -2.18. The summed E-state index contributed by atoms with van der Waals surface area (Å²) in [5.74, 6) is -1.31. The predicted octanol–water partition coefficient (Wildman–Crippen LogP) is 2.71. The summed E-state index contributed by atoms with van der Waals surface area (Å²) in [4.78, 5) is 25.3. The normalized spacial score (nSPS) is 19.0. The number of hydrogen-bond donors (Lipinski definition) is 2. The Bertz CT molecular complexity index is 1570. The molecule has 1 amide bonds. The Kier molecular flexibility index (Phi) is 7.08. The van der Waals surface area contributed by atoms with Crippen LogP contribution in [0.2, 0.25) is 0 Å². The highest BCUT2D eigenvalue weighted by Crippen LogP contribution is 2.37. The molecule has 3 heterocycles. The molecule has 2 aromatic carbocycles. The molecule has 192 valence electrons. The molecule has 1 aliphatic heterocycles. The molecule has 2 N–H and O–H groups in total. The van der Waals surface area contributed by atoms with Crippen LogP contribution in [0.4, 0.5) is 4.39 Å². The van der Waals surface area contributed by atoms with E-state index in [-0.39, 0.29) is 19.1 Å². The van der Waals surface area contributed by atoms with Crippen LogP contribution in [-0.2, 0) is 27.7 Å². The molecule has 0 bridgehead atoms. The molecular formula is C26H25FN4O5S. The summed E-state index contributed by atoms with van der Waals surface area (Å²) in [5.41, 5.74) is 2.30. The average Bonchev–Trinajstić information content (AvgIpc) is 3.35. The highest BCUT2D eigenvalue weighted by Gasteiger charge is 2.27. The van der Waals surface area contributed by atoms with Gasteiger partial charge in [-0.15, -0.1) is 11.3 Å². The van der Waals surface area contributed by atoms with Crippen LogP contribution in [-0.4, -0.2) is 55.5 Å².